The van der Waals surface area contributed by atoms with Crippen molar-refractivity contribution in [3.63, 3.8) is 0 Å². The van der Waals surface area contributed by atoms with Crippen LogP contribution in [0.4, 0.5) is 5.69 Å². The number of anilines is 1. The number of benzene rings is 1. The van der Waals surface area contributed by atoms with Gasteiger partial charge in [-0.2, -0.15) is 0 Å². The van der Waals surface area contributed by atoms with Crippen LogP contribution in [0.1, 0.15) is 51.0 Å². The van der Waals surface area contributed by atoms with Gasteiger partial charge in [-0.1, -0.05) is 18.2 Å². The Labute approximate surface area is 168 Å². The van der Waals surface area contributed by atoms with Crippen LogP contribution in [0.2, 0.25) is 0 Å². The number of nitrogens with one attached hydrogen (secondary N) is 1. The Morgan fingerprint density at radius 3 is 2.18 bits per heavy atom. The molecule has 154 valence electrons. The molecule has 28 heavy (non-hydrogen) atoms. The van der Waals surface area contributed by atoms with E-state index in [4.69, 9.17) is 0 Å². The normalized spacial score (nSPS) is 32.2. The highest BCUT2D eigenvalue weighted by Crippen LogP contribution is 2.61. The van der Waals surface area contributed by atoms with Crippen LogP contribution in [0.15, 0.2) is 24.3 Å². The number of hydrogen-bond donors (Lipinski definition) is 1. The fourth-order valence-corrected chi connectivity index (χ4v) is 7.42. The third-order valence-corrected chi connectivity index (χ3v) is 8.58. The second-order valence-electron chi connectivity index (χ2n) is 9.63. The van der Waals surface area contributed by atoms with Crippen molar-refractivity contribution in [3.8, 4) is 0 Å². The van der Waals surface area contributed by atoms with Crippen molar-refractivity contribution in [1.82, 2.24) is 5.32 Å². The zero-order valence-electron chi connectivity index (χ0n) is 17.1. The van der Waals surface area contributed by atoms with Gasteiger partial charge in [0.2, 0.25) is 15.9 Å². The summed E-state index contributed by atoms with van der Waals surface area (Å²) in [5.74, 6) is 2.26. The Hall–Kier alpha value is -1.56. The Morgan fingerprint density at radius 1 is 1.14 bits per heavy atom. The quantitative estimate of drug-likeness (QED) is 0.789. The number of nitrogens with zero attached hydrogens (tertiary/aromatic N) is 1. The predicted molar refractivity (Wildman–Crippen MR) is 112 cm³/mol. The van der Waals surface area contributed by atoms with Crippen molar-refractivity contribution in [2.75, 3.05) is 17.1 Å². The molecule has 1 aromatic carbocycles. The maximum atomic E-state index is 12.9. The molecule has 0 radical (unpaired) electrons. The van der Waals surface area contributed by atoms with Crippen LogP contribution in [-0.2, 0) is 14.8 Å². The number of para-hydroxylation sites is 1. The lowest BCUT2D eigenvalue weighted by atomic mass is 9.48. The minimum absolute atomic E-state index is 0.0895. The Kier molecular flexibility index (Phi) is 4.97. The van der Waals surface area contributed by atoms with Crippen molar-refractivity contribution >= 4 is 21.6 Å². The third kappa shape index (κ3) is 3.68. The summed E-state index contributed by atoms with van der Waals surface area (Å²) in [4.78, 5) is 12.9. The van der Waals surface area contributed by atoms with Crippen molar-refractivity contribution in [2.45, 2.75) is 58.4 Å². The van der Waals surface area contributed by atoms with Gasteiger partial charge in [0.25, 0.3) is 0 Å². The molecule has 4 fully saturated rings. The van der Waals surface area contributed by atoms with Crippen LogP contribution in [0.25, 0.3) is 0 Å². The fourth-order valence-electron chi connectivity index (χ4n) is 6.50. The minimum Gasteiger partial charge on any atom is -0.352 e. The molecular formula is C22H32N2O3S. The predicted octanol–water partition coefficient (Wildman–Crippen LogP) is 3.48. The molecule has 0 saturated heterocycles. The molecule has 4 aliphatic rings. The highest BCUT2D eigenvalue weighted by Gasteiger charge is 2.53. The molecule has 0 aromatic heterocycles. The van der Waals surface area contributed by atoms with E-state index in [1.165, 1.54) is 42.8 Å². The van der Waals surface area contributed by atoms with E-state index in [1.807, 2.05) is 19.1 Å². The smallest absolute Gasteiger partial charge is 0.241 e. The first kappa shape index (κ1) is 19.7. The van der Waals surface area contributed by atoms with Gasteiger partial charge in [0.15, 0.2) is 0 Å². The molecule has 4 aliphatic carbocycles. The molecule has 5 nitrogen and oxygen atoms in total. The summed E-state index contributed by atoms with van der Waals surface area (Å²) in [6.07, 6.45) is 8.92. The summed E-state index contributed by atoms with van der Waals surface area (Å²) >= 11 is 0. The Bertz CT molecular complexity index is 829. The molecule has 1 amide bonds. The number of aryl methyl sites for hydroxylation is 1. The summed E-state index contributed by atoms with van der Waals surface area (Å²) < 4.78 is 26.0. The van der Waals surface area contributed by atoms with E-state index in [0.717, 1.165) is 29.6 Å². The lowest BCUT2D eigenvalue weighted by molar-refractivity contribution is -0.124. The van der Waals surface area contributed by atoms with Gasteiger partial charge in [-0.15, -0.1) is 0 Å². The summed E-state index contributed by atoms with van der Waals surface area (Å²) in [7, 11) is -3.54. The van der Waals surface area contributed by atoms with Gasteiger partial charge in [0.05, 0.1) is 11.9 Å². The molecule has 1 aromatic rings. The van der Waals surface area contributed by atoms with Crippen LogP contribution < -0.4 is 9.62 Å². The van der Waals surface area contributed by atoms with Gasteiger partial charge in [0.1, 0.15) is 6.54 Å². The minimum atomic E-state index is -3.54. The number of sulfonamides is 1. The number of rotatable bonds is 6. The highest BCUT2D eigenvalue weighted by molar-refractivity contribution is 7.92. The average Bonchev–Trinajstić information content (AvgIpc) is 2.58. The van der Waals surface area contributed by atoms with Gasteiger partial charge in [-0.3, -0.25) is 9.10 Å². The topological polar surface area (TPSA) is 66.5 Å². The van der Waals surface area contributed by atoms with Crippen LogP contribution in [-0.4, -0.2) is 33.2 Å². The summed E-state index contributed by atoms with van der Waals surface area (Å²) in [6.45, 7) is 3.83. The summed E-state index contributed by atoms with van der Waals surface area (Å²) in [5.41, 5.74) is 1.63. The molecule has 0 heterocycles. The molecule has 5 rings (SSSR count). The van der Waals surface area contributed by atoms with Gasteiger partial charge in [-0.05, 0) is 87.2 Å². The van der Waals surface area contributed by atoms with Crippen LogP contribution in [0.3, 0.4) is 0 Å². The van der Waals surface area contributed by atoms with E-state index < -0.39 is 10.0 Å². The number of carbonyl (C=O) groups excluding carboxylic acids is 1. The SMILES string of the molecule is Cc1ccccc1N(CC(=O)N[C@H](C)C12CC3CC(CC(C3)C1)C2)S(C)(=O)=O. The second kappa shape index (κ2) is 7.05. The largest absolute Gasteiger partial charge is 0.352 e. The average molecular weight is 405 g/mol. The lowest BCUT2D eigenvalue weighted by Crippen LogP contribution is -2.57. The van der Waals surface area contributed by atoms with E-state index in [0.29, 0.717) is 5.69 Å². The van der Waals surface area contributed by atoms with Crippen LogP contribution in [0, 0.1) is 30.1 Å². The zero-order valence-corrected chi connectivity index (χ0v) is 18.0. The maximum absolute atomic E-state index is 12.9. The first-order valence-corrected chi connectivity index (χ1v) is 12.3. The van der Waals surface area contributed by atoms with Crippen molar-refractivity contribution in [2.24, 2.45) is 23.2 Å². The van der Waals surface area contributed by atoms with E-state index >= 15 is 0 Å². The fraction of sp³-hybridized carbons (Fsp3) is 0.682. The Balaban J connectivity index is 1.48. The van der Waals surface area contributed by atoms with Gasteiger partial charge in [0, 0.05) is 6.04 Å². The highest BCUT2D eigenvalue weighted by atomic mass is 32.2. The van der Waals surface area contributed by atoms with Crippen LogP contribution in [0.5, 0.6) is 0 Å². The maximum Gasteiger partial charge on any atom is 0.241 e. The molecule has 0 unspecified atom stereocenters. The molecule has 0 aliphatic heterocycles. The van der Waals surface area contributed by atoms with E-state index in [9.17, 15) is 13.2 Å². The standard InChI is InChI=1S/C22H32N2O3S/c1-15-6-4-5-7-20(15)24(28(3,26)27)14-21(25)23-16(2)22-11-17-8-18(12-22)10-19(9-17)13-22/h4-7,16-19H,8-14H2,1-3H3,(H,23,25)/t16-,17?,18?,19?,22?/m1/s1. The molecule has 6 heteroatoms. The monoisotopic (exact) mass is 404 g/mol. The molecule has 1 atom stereocenters. The van der Waals surface area contributed by atoms with Gasteiger partial charge < -0.3 is 5.32 Å². The molecule has 1 N–H and O–H groups in total. The first-order valence-electron chi connectivity index (χ1n) is 10.5. The number of carbonyl (C=O) groups is 1. The van der Waals surface area contributed by atoms with Gasteiger partial charge in [-0.25, -0.2) is 8.42 Å². The van der Waals surface area contributed by atoms with E-state index in [2.05, 4.69) is 12.2 Å². The van der Waals surface area contributed by atoms with Crippen molar-refractivity contribution in [1.29, 1.82) is 0 Å². The van der Waals surface area contributed by atoms with Gasteiger partial charge >= 0.3 is 0 Å². The summed E-state index contributed by atoms with van der Waals surface area (Å²) in [5, 5.41) is 3.18. The molecule has 4 saturated carbocycles. The molecular weight excluding hydrogens is 372 g/mol. The van der Waals surface area contributed by atoms with Crippen LogP contribution >= 0.6 is 0 Å². The second-order valence-corrected chi connectivity index (χ2v) is 11.5. The van der Waals surface area contributed by atoms with E-state index in [1.54, 1.807) is 12.1 Å². The Morgan fingerprint density at radius 2 is 1.68 bits per heavy atom. The zero-order chi connectivity index (χ0) is 20.1. The lowest BCUT2D eigenvalue weighted by Gasteiger charge is -2.59. The first-order chi connectivity index (χ1) is 13.2. The summed E-state index contributed by atoms with van der Waals surface area (Å²) in [6, 6.07) is 7.38. The molecule has 4 bridgehead atoms. The number of amides is 1. The van der Waals surface area contributed by atoms with Crippen molar-refractivity contribution < 1.29 is 13.2 Å². The van der Waals surface area contributed by atoms with E-state index in [-0.39, 0.29) is 23.9 Å². The third-order valence-electron chi connectivity index (χ3n) is 7.45. The molecule has 0 spiro atoms. The van der Waals surface area contributed by atoms with Crippen molar-refractivity contribution in [3.05, 3.63) is 29.8 Å². The number of hydrogen-bond acceptors (Lipinski definition) is 3.